The van der Waals surface area contributed by atoms with Crippen LogP contribution in [0.2, 0.25) is 0 Å². The molecule has 23 heavy (non-hydrogen) atoms. The molecule has 0 aliphatic carbocycles. The lowest BCUT2D eigenvalue weighted by molar-refractivity contribution is 0.328. The molecule has 1 aliphatic heterocycles. The Balaban J connectivity index is 1.39. The van der Waals surface area contributed by atoms with Gasteiger partial charge in [0.05, 0.1) is 15.2 Å². The Labute approximate surface area is 141 Å². The quantitative estimate of drug-likeness (QED) is 0.776. The zero-order chi connectivity index (χ0) is 15.6. The highest BCUT2D eigenvalue weighted by molar-refractivity contribution is 7.18. The fourth-order valence-electron chi connectivity index (χ4n) is 3.30. The Kier molecular flexibility index (Phi) is 4.02. The first-order valence-electron chi connectivity index (χ1n) is 8.16. The standard InChI is InChI=1S/C19H21N3S/c1-14-20-18-11-16(7-8-19(18)23-14)21-17-9-10-22(13-17)12-15-5-3-2-4-6-15/h2-8,11,17,21H,9-10,12-13H2,1H3. The number of hydrogen-bond donors (Lipinski definition) is 1. The molecule has 1 atom stereocenters. The molecular weight excluding hydrogens is 302 g/mol. The number of aromatic nitrogens is 1. The molecule has 0 amide bonds. The summed E-state index contributed by atoms with van der Waals surface area (Å²) < 4.78 is 1.27. The molecule has 1 unspecified atom stereocenters. The first-order valence-corrected chi connectivity index (χ1v) is 8.98. The summed E-state index contributed by atoms with van der Waals surface area (Å²) in [7, 11) is 0. The molecule has 1 aliphatic rings. The molecule has 3 aromatic rings. The number of nitrogens with zero attached hydrogens (tertiary/aromatic N) is 2. The summed E-state index contributed by atoms with van der Waals surface area (Å²) in [5.41, 5.74) is 3.69. The van der Waals surface area contributed by atoms with Gasteiger partial charge in [0.2, 0.25) is 0 Å². The normalized spacial score (nSPS) is 18.6. The van der Waals surface area contributed by atoms with Crippen molar-refractivity contribution in [3.63, 3.8) is 0 Å². The lowest BCUT2D eigenvalue weighted by atomic mass is 10.2. The molecule has 4 rings (SSSR count). The van der Waals surface area contributed by atoms with Gasteiger partial charge in [0.1, 0.15) is 0 Å². The van der Waals surface area contributed by atoms with E-state index in [-0.39, 0.29) is 0 Å². The molecule has 1 saturated heterocycles. The topological polar surface area (TPSA) is 28.2 Å². The second-order valence-electron chi connectivity index (χ2n) is 6.27. The molecule has 1 N–H and O–H groups in total. The number of fused-ring (bicyclic) bond motifs is 1. The van der Waals surface area contributed by atoms with E-state index in [4.69, 9.17) is 0 Å². The molecule has 0 radical (unpaired) electrons. The van der Waals surface area contributed by atoms with Gasteiger partial charge in [-0.15, -0.1) is 11.3 Å². The van der Waals surface area contributed by atoms with Crippen molar-refractivity contribution in [2.24, 2.45) is 0 Å². The highest BCUT2D eigenvalue weighted by Crippen LogP contribution is 2.26. The zero-order valence-electron chi connectivity index (χ0n) is 13.3. The monoisotopic (exact) mass is 323 g/mol. The lowest BCUT2D eigenvalue weighted by Gasteiger charge is -2.17. The van der Waals surface area contributed by atoms with Crippen LogP contribution in [0.15, 0.2) is 48.5 Å². The first-order chi connectivity index (χ1) is 11.3. The summed E-state index contributed by atoms with van der Waals surface area (Å²) >= 11 is 1.76. The minimum Gasteiger partial charge on any atom is -0.381 e. The van der Waals surface area contributed by atoms with Crippen molar-refractivity contribution in [1.29, 1.82) is 0 Å². The van der Waals surface area contributed by atoms with Crippen molar-refractivity contribution in [2.75, 3.05) is 18.4 Å². The van der Waals surface area contributed by atoms with Gasteiger partial charge in [0, 0.05) is 31.4 Å². The number of thiazole rings is 1. The van der Waals surface area contributed by atoms with Crippen LogP contribution in [0.25, 0.3) is 10.2 Å². The van der Waals surface area contributed by atoms with Crippen LogP contribution in [0, 0.1) is 6.92 Å². The predicted molar refractivity (Wildman–Crippen MR) is 98.1 cm³/mol. The van der Waals surface area contributed by atoms with Crippen LogP contribution < -0.4 is 5.32 Å². The first kappa shape index (κ1) is 14.7. The van der Waals surface area contributed by atoms with Crippen LogP contribution in [0.1, 0.15) is 17.0 Å². The smallest absolute Gasteiger partial charge is 0.0907 e. The maximum atomic E-state index is 4.59. The van der Waals surface area contributed by atoms with Crippen LogP contribution >= 0.6 is 11.3 Å². The summed E-state index contributed by atoms with van der Waals surface area (Å²) in [6, 6.07) is 17.8. The second-order valence-corrected chi connectivity index (χ2v) is 7.50. The van der Waals surface area contributed by atoms with Gasteiger partial charge in [-0.2, -0.15) is 0 Å². The molecule has 2 aromatic carbocycles. The van der Waals surface area contributed by atoms with E-state index in [1.807, 2.05) is 0 Å². The summed E-state index contributed by atoms with van der Waals surface area (Å²) in [4.78, 5) is 7.11. The zero-order valence-corrected chi connectivity index (χ0v) is 14.1. The molecule has 0 bridgehead atoms. The van der Waals surface area contributed by atoms with E-state index >= 15 is 0 Å². The average molecular weight is 323 g/mol. The van der Waals surface area contributed by atoms with E-state index < -0.39 is 0 Å². The molecule has 0 spiro atoms. The number of aryl methyl sites for hydroxylation is 1. The molecule has 3 nitrogen and oxygen atoms in total. The minimum absolute atomic E-state index is 0.524. The van der Waals surface area contributed by atoms with Gasteiger partial charge in [-0.3, -0.25) is 4.90 Å². The maximum absolute atomic E-state index is 4.59. The van der Waals surface area contributed by atoms with Gasteiger partial charge in [-0.05, 0) is 37.1 Å². The van der Waals surface area contributed by atoms with E-state index in [1.54, 1.807) is 11.3 Å². The summed E-state index contributed by atoms with van der Waals surface area (Å²) in [5, 5.41) is 4.81. The Morgan fingerprint density at radius 2 is 2.09 bits per heavy atom. The second kappa shape index (κ2) is 6.30. The molecule has 4 heteroatoms. The fourth-order valence-corrected chi connectivity index (χ4v) is 4.11. The fraction of sp³-hybridized carbons (Fsp3) is 0.316. The Bertz CT molecular complexity index is 797. The van der Waals surface area contributed by atoms with Crippen LogP contribution in [-0.2, 0) is 6.54 Å². The van der Waals surface area contributed by atoms with Crippen LogP contribution in [-0.4, -0.2) is 29.0 Å². The molecule has 1 fully saturated rings. The Morgan fingerprint density at radius 3 is 2.96 bits per heavy atom. The summed E-state index contributed by atoms with van der Waals surface area (Å²) in [6.45, 7) is 5.37. The third kappa shape index (κ3) is 3.38. The Morgan fingerprint density at radius 1 is 1.22 bits per heavy atom. The van der Waals surface area contributed by atoms with Gasteiger partial charge in [-0.25, -0.2) is 4.98 Å². The Hall–Kier alpha value is -1.91. The maximum Gasteiger partial charge on any atom is 0.0907 e. The SMILES string of the molecule is Cc1nc2cc(NC3CCN(Cc4ccccc4)C3)ccc2s1. The summed E-state index contributed by atoms with van der Waals surface area (Å²) in [6.07, 6.45) is 1.20. The highest BCUT2D eigenvalue weighted by atomic mass is 32.1. The van der Waals surface area contributed by atoms with E-state index in [9.17, 15) is 0 Å². The van der Waals surface area contributed by atoms with Crippen molar-refractivity contribution in [1.82, 2.24) is 9.88 Å². The van der Waals surface area contributed by atoms with Gasteiger partial charge >= 0.3 is 0 Å². The lowest BCUT2D eigenvalue weighted by Crippen LogP contribution is -2.25. The molecule has 118 valence electrons. The third-order valence-corrected chi connectivity index (χ3v) is 5.34. The predicted octanol–water partition coefficient (Wildman–Crippen LogP) is 4.29. The van der Waals surface area contributed by atoms with Crippen LogP contribution in [0.5, 0.6) is 0 Å². The third-order valence-electron chi connectivity index (χ3n) is 4.39. The summed E-state index contributed by atoms with van der Waals surface area (Å²) in [5.74, 6) is 0. The molecule has 0 saturated carbocycles. The van der Waals surface area contributed by atoms with Gasteiger partial charge in [0.25, 0.3) is 0 Å². The van der Waals surface area contributed by atoms with Gasteiger partial charge in [0.15, 0.2) is 0 Å². The van der Waals surface area contributed by atoms with Crippen molar-refractivity contribution < 1.29 is 0 Å². The molecule has 1 aromatic heterocycles. The van der Waals surface area contributed by atoms with Crippen molar-refractivity contribution in [2.45, 2.75) is 25.9 Å². The molecular formula is C19H21N3S. The van der Waals surface area contributed by atoms with E-state index in [2.05, 4.69) is 70.7 Å². The number of likely N-dealkylation sites (tertiary alicyclic amines) is 1. The number of anilines is 1. The van der Waals surface area contributed by atoms with E-state index in [0.29, 0.717) is 6.04 Å². The van der Waals surface area contributed by atoms with Crippen molar-refractivity contribution >= 4 is 27.2 Å². The van der Waals surface area contributed by atoms with Crippen molar-refractivity contribution in [3.05, 3.63) is 59.1 Å². The minimum atomic E-state index is 0.524. The van der Waals surface area contributed by atoms with Crippen LogP contribution in [0.4, 0.5) is 5.69 Å². The molecule has 2 heterocycles. The van der Waals surface area contributed by atoms with Gasteiger partial charge in [-0.1, -0.05) is 30.3 Å². The van der Waals surface area contributed by atoms with Crippen molar-refractivity contribution in [3.8, 4) is 0 Å². The van der Waals surface area contributed by atoms with E-state index in [1.165, 1.54) is 22.4 Å². The number of rotatable bonds is 4. The largest absolute Gasteiger partial charge is 0.381 e. The van der Waals surface area contributed by atoms with Gasteiger partial charge < -0.3 is 5.32 Å². The number of hydrogen-bond acceptors (Lipinski definition) is 4. The van der Waals surface area contributed by atoms with Crippen LogP contribution in [0.3, 0.4) is 0 Å². The number of benzene rings is 2. The van der Waals surface area contributed by atoms with E-state index in [0.717, 1.165) is 30.2 Å². The number of nitrogens with one attached hydrogen (secondary N) is 1. The highest BCUT2D eigenvalue weighted by Gasteiger charge is 2.22. The average Bonchev–Trinajstić information content (AvgIpc) is 3.13.